The summed E-state index contributed by atoms with van der Waals surface area (Å²) < 4.78 is 81.5. The van der Waals surface area contributed by atoms with Crippen LogP contribution >= 0.6 is 0 Å². The lowest BCUT2D eigenvalue weighted by Gasteiger charge is -2.51. The van der Waals surface area contributed by atoms with Crippen LogP contribution in [0.3, 0.4) is 0 Å². The minimum absolute atomic E-state index is 0.0928. The number of aliphatic hydroxyl groups is 1. The van der Waals surface area contributed by atoms with Gasteiger partial charge < -0.3 is 49.4 Å². The van der Waals surface area contributed by atoms with Crippen LogP contribution in [-0.4, -0.2) is 71.7 Å². The van der Waals surface area contributed by atoms with Crippen LogP contribution in [0.25, 0.3) is 0 Å². The van der Waals surface area contributed by atoms with E-state index in [1.807, 2.05) is 18.2 Å². The molecule has 4 saturated carbocycles. The van der Waals surface area contributed by atoms with Crippen molar-refractivity contribution in [1.29, 1.82) is 0 Å². The molecule has 4 heterocycles. The fourth-order valence-corrected chi connectivity index (χ4v) is 10.1. The standard InChI is InChI=1S/C30H29F2N5O4.C23H23F2N5O4/c31-24-8-6-20(14-25(24)32)35-29-37-36-28(41-29)27(38)34-21-7-9-26(33-17-21)40-22-10-12-30(13-11-22)15-23(16-30)39-18-19-4-2-1-3-5-19;24-17-3-1-13(9-18(17)25)28-22-30-29-21(34-22)20(32)27-14-2-4-19(26-12-14)33-16-5-7-23(8-6-16)10-15(31)11-23/h1-9,14,17,22-23H,10-13,15-16,18H2,(H,34,38)(H,35,37);1-4,9,12,15-16,31H,5-8,10-11H2,(H,27,32)(H,28,30). The minimum atomic E-state index is -1.03. The summed E-state index contributed by atoms with van der Waals surface area (Å²) in [6.07, 6.45) is 15.6. The van der Waals surface area contributed by atoms with Gasteiger partial charge in [0.1, 0.15) is 12.2 Å². The molecule has 0 radical (unpaired) electrons. The zero-order valence-corrected chi connectivity index (χ0v) is 40.3. The zero-order valence-electron chi connectivity index (χ0n) is 40.3. The van der Waals surface area contributed by atoms with E-state index < -0.39 is 35.1 Å². The Hall–Kier alpha value is -7.98. The van der Waals surface area contributed by atoms with Gasteiger partial charge in [0.2, 0.25) is 11.8 Å². The number of nitrogens with zero attached hydrogens (tertiary/aromatic N) is 6. The molecular weight excluding hydrogens is 981 g/mol. The molecule has 390 valence electrons. The van der Waals surface area contributed by atoms with Gasteiger partial charge in [0, 0.05) is 35.6 Å². The molecule has 18 nitrogen and oxygen atoms in total. The maximum Gasteiger partial charge on any atom is 0.320 e. The second-order valence-electron chi connectivity index (χ2n) is 19.5. The summed E-state index contributed by atoms with van der Waals surface area (Å²) in [5.41, 5.74) is 3.11. The van der Waals surface area contributed by atoms with Crippen molar-refractivity contribution in [3.8, 4) is 11.8 Å². The van der Waals surface area contributed by atoms with Gasteiger partial charge in [-0.25, -0.2) is 27.5 Å². The average molecular weight is 1030 g/mol. The van der Waals surface area contributed by atoms with Crippen molar-refractivity contribution in [1.82, 2.24) is 30.4 Å². The number of rotatable bonds is 15. The molecule has 4 aromatic heterocycles. The molecule has 7 aromatic rings. The highest BCUT2D eigenvalue weighted by molar-refractivity contribution is 6.01. The Morgan fingerprint density at radius 2 is 1.01 bits per heavy atom. The molecule has 4 aliphatic carbocycles. The first kappa shape index (κ1) is 50.5. The van der Waals surface area contributed by atoms with Crippen molar-refractivity contribution in [3.63, 3.8) is 0 Å². The number of carbonyl (C=O) groups excluding carboxylic acids is 2. The Morgan fingerprint density at radius 3 is 1.44 bits per heavy atom. The minimum Gasteiger partial charge on any atom is -0.474 e. The summed E-state index contributed by atoms with van der Waals surface area (Å²) in [6, 6.07) is 23.1. The van der Waals surface area contributed by atoms with E-state index in [4.69, 9.17) is 23.0 Å². The molecule has 0 unspecified atom stereocenters. The molecule has 0 saturated heterocycles. The van der Waals surface area contributed by atoms with Crippen molar-refractivity contribution < 1.29 is 55.3 Å². The molecule has 0 bridgehead atoms. The lowest BCUT2D eigenvalue weighted by molar-refractivity contribution is -0.112. The fraction of sp³-hybridized carbons (Fsp3) is 0.358. The van der Waals surface area contributed by atoms with Gasteiger partial charge in [0.25, 0.3) is 0 Å². The van der Waals surface area contributed by atoms with Gasteiger partial charge in [0.05, 0.1) is 42.6 Å². The molecule has 11 rings (SSSR count). The topological polar surface area (TPSA) is 234 Å². The molecule has 3 aromatic carbocycles. The van der Waals surface area contributed by atoms with Crippen molar-refractivity contribution in [2.75, 3.05) is 21.3 Å². The van der Waals surface area contributed by atoms with Crippen molar-refractivity contribution in [2.45, 2.75) is 108 Å². The van der Waals surface area contributed by atoms with E-state index in [0.717, 1.165) is 101 Å². The normalized spacial score (nSPS) is 22.7. The van der Waals surface area contributed by atoms with Crippen LogP contribution in [0.4, 0.5) is 52.3 Å². The molecule has 2 amide bonds. The number of nitrogens with one attached hydrogen (secondary N) is 4. The number of benzene rings is 3. The number of anilines is 6. The van der Waals surface area contributed by atoms with Gasteiger partial charge in [0.15, 0.2) is 23.3 Å². The van der Waals surface area contributed by atoms with Crippen molar-refractivity contribution >= 4 is 46.6 Å². The largest absolute Gasteiger partial charge is 0.474 e. The number of pyridine rings is 2. The zero-order chi connectivity index (χ0) is 51.9. The highest BCUT2D eigenvalue weighted by Crippen LogP contribution is 2.54. The number of amides is 2. The maximum atomic E-state index is 13.4. The molecule has 0 atom stereocenters. The number of halogens is 4. The molecule has 4 fully saturated rings. The molecule has 5 N–H and O–H groups in total. The Morgan fingerprint density at radius 1 is 0.560 bits per heavy atom. The number of carbonyl (C=O) groups is 2. The lowest BCUT2D eigenvalue weighted by Crippen LogP contribution is -2.46. The van der Waals surface area contributed by atoms with Gasteiger partial charge in [-0.15, -0.1) is 10.2 Å². The van der Waals surface area contributed by atoms with Crippen LogP contribution in [-0.2, 0) is 11.3 Å². The number of hydrogen-bond donors (Lipinski definition) is 5. The third kappa shape index (κ3) is 12.9. The van der Waals surface area contributed by atoms with Crippen LogP contribution < -0.4 is 30.7 Å². The molecule has 4 aliphatic rings. The quantitative estimate of drug-likeness (QED) is 0.0601. The summed E-state index contributed by atoms with van der Waals surface area (Å²) in [4.78, 5) is 33.5. The van der Waals surface area contributed by atoms with E-state index in [1.54, 1.807) is 24.3 Å². The van der Waals surface area contributed by atoms with Gasteiger partial charge in [-0.2, -0.15) is 0 Å². The van der Waals surface area contributed by atoms with E-state index in [-0.39, 0.29) is 53.5 Å². The Kier molecular flexibility index (Phi) is 15.0. The molecule has 2 spiro atoms. The van der Waals surface area contributed by atoms with Gasteiger partial charge in [-0.05, 0) is 130 Å². The van der Waals surface area contributed by atoms with Crippen molar-refractivity contribution in [3.05, 3.63) is 144 Å². The Bertz CT molecular complexity index is 3060. The molecule has 75 heavy (non-hydrogen) atoms. The van der Waals surface area contributed by atoms with Crippen LogP contribution in [0, 0.1) is 34.1 Å². The number of ether oxygens (including phenoxy) is 3. The molecule has 0 aliphatic heterocycles. The molecular formula is C53H52F4N10O8. The summed E-state index contributed by atoms with van der Waals surface area (Å²) in [5, 5.41) is 34.8. The fourth-order valence-electron chi connectivity index (χ4n) is 10.1. The highest BCUT2D eigenvalue weighted by atomic mass is 19.2. The van der Waals surface area contributed by atoms with Crippen molar-refractivity contribution in [2.24, 2.45) is 10.8 Å². The van der Waals surface area contributed by atoms with E-state index in [1.165, 1.54) is 30.1 Å². The number of aromatic nitrogens is 6. The predicted molar refractivity (Wildman–Crippen MR) is 262 cm³/mol. The van der Waals surface area contributed by atoms with Gasteiger partial charge in [-0.1, -0.05) is 40.5 Å². The van der Waals surface area contributed by atoms with E-state index in [2.05, 4.69) is 63.8 Å². The summed E-state index contributed by atoms with van der Waals surface area (Å²) in [5.74, 6) is -4.98. The Balaban J connectivity index is 0.000000174. The van der Waals surface area contributed by atoms with Gasteiger partial charge in [-0.3, -0.25) is 9.59 Å². The van der Waals surface area contributed by atoms with Crippen LogP contribution in [0.1, 0.15) is 104 Å². The first-order valence-electron chi connectivity index (χ1n) is 24.6. The van der Waals surface area contributed by atoms with Gasteiger partial charge >= 0.3 is 35.6 Å². The lowest BCUT2D eigenvalue weighted by atomic mass is 9.59. The predicted octanol–water partition coefficient (Wildman–Crippen LogP) is 10.6. The maximum absolute atomic E-state index is 13.4. The number of aliphatic hydroxyl groups excluding tert-OH is 1. The second kappa shape index (κ2) is 22.2. The first-order chi connectivity index (χ1) is 36.3. The Labute approximate surface area is 427 Å². The molecule has 22 heteroatoms. The second-order valence-corrected chi connectivity index (χ2v) is 19.5. The van der Waals surface area contributed by atoms with E-state index in [9.17, 15) is 32.3 Å². The van der Waals surface area contributed by atoms with Crippen LogP contribution in [0.2, 0.25) is 0 Å². The van der Waals surface area contributed by atoms with E-state index in [0.29, 0.717) is 46.7 Å². The highest BCUT2D eigenvalue weighted by Gasteiger charge is 2.47. The monoisotopic (exact) mass is 1030 g/mol. The smallest absolute Gasteiger partial charge is 0.320 e. The van der Waals surface area contributed by atoms with E-state index >= 15 is 0 Å². The summed E-state index contributed by atoms with van der Waals surface area (Å²) in [6.45, 7) is 0.669. The first-order valence-corrected chi connectivity index (χ1v) is 24.6. The third-order valence-electron chi connectivity index (χ3n) is 14.1. The average Bonchev–Trinajstić information content (AvgIpc) is 4.08. The number of hydrogen-bond acceptors (Lipinski definition) is 16. The van der Waals surface area contributed by atoms with Crippen LogP contribution in [0.15, 0.2) is 112 Å². The summed E-state index contributed by atoms with van der Waals surface area (Å²) in [7, 11) is 0. The SMILES string of the molecule is O=C(Nc1ccc(OC2CCC3(CC2)CC(O)C3)nc1)c1nnc(Nc2ccc(F)c(F)c2)o1.O=C(Nc1ccc(OC2CCC3(CC2)CC(OCc2ccccc2)C3)nc1)c1nnc(Nc2ccc(F)c(F)c2)o1. The third-order valence-corrected chi connectivity index (χ3v) is 14.1. The summed E-state index contributed by atoms with van der Waals surface area (Å²) >= 11 is 0. The van der Waals surface area contributed by atoms with Crippen LogP contribution in [0.5, 0.6) is 11.8 Å².